The number of carbonyl (C=O) groups is 1. The minimum absolute atomic E-state index is 0.0666. The van der Waals surface area contributed by atoms with E-state index in [4.69, 9.17) is 19.4 Å². The van der Waals surface area contributed by atoms with Crippen LogP contribution in [0.1, 0.15) is 17.0 Å². The highest BCUT2D eigenvalue weighted by atomic mass is 32.2. The van der Waals surface area contributed by atoms with Crippen molar-refractivity contribution in [3.05, 3.63) is 65.9 Å². The molecule has 0 spiro atoms. The molecule has 0 unspecified atom stereocenters. The number of thioether (sulfide) groups is 1. The molecule has 0 radical (unpaired) electrons. The van der Waals surface area contributed by atoms with Crippen LogP contribution in [0.15, 0.2) is 59.9 Å². The molecule has 1 fully saturated rings. The number of anilines is 1. The van der Waals surface area contributed by atoms with Gasteiger partial charge >= 0.3 is 0 Å². The number of aromatic nitrogens is 4. The van der Waals surface area contributed by atoms with Crippen molar-refractivity contribution in [1.29, 1.82) is 0 Å². The zero-order valence-electron chi connectivity index (χ0n) is 19.9. The SMILES string of the molecule is CSc1nc(N2CCOCC2)c2cnn(CCNC(=O)C3c4ccccc4Oc4ccccc43)c2n1. The first kappa shape index (κ1) is 22.8. The monoisotopic (exact) mass is 502 g/mol. The standard InChI is InChI=1S/C26H26N6O3S/c1-36-26-29-23(31-12-14-34-15-13-31)19-16-28-32(24(19)30-26)11-10-27-25(33)22-17-6-2-4-8-20(17)35-21-9-5-3-7-18(21)22/h2-9,16,22H,10-15H2,1H3,(H,27,33). The van der Waals surface area contributed by atoms with Gasteiger partial charge in [0.25, 0.3) is 0 Å². The van der Waals surface area contributed by atoms with Gasteiger partial charge in [-0.15, -0.1) is 0 Å². The molecule has 2 aliphatic heterocycles. The minimum atomic E-state index is -0.432. The number of morpholine rings is 1. The molecule has 1 amide bonds. The van der Waals surface area contributed by atoms with Crippen molar-refractivity contribution in [3.8, 4) is 11.5 Å². The summed E-state index contributed by atoms with van der Waals surface area (Å²) < 4.78 is 13.4. The smallest absolute Gasteiger partial charge is 0.232 e. The summed E-state index contributed by atoms with van der Waals surface area (Å²) in [5, 5.41) is 9.31. The van der Waals surface area contributed by atoms with Crippen molar-refractivity contribution >= 4 is 34.5 Å². The first-order valence-corrected chi connectivity index (χ1v) is 13.2. The Hall–Kier alpha value is -3.63. The normalized spacial score (nSPS) is 15.3. The summed E-state index contributed by atoms with van der Waals surface area (Å²) in [7, 11) is 0. The third kappa shape index (κ3) is 4.16. The van der Waals surface area contributed by atoms with Crippen molar-refractivity contribution in [3.63, 3.8) is 0 Å². The molecule has 4 aromatic rings. The third-order valence-corrected chi connectivity index (χ3v) is 7.06. The van der Waals surface area contributed by atoms with Crippen LogP contribution >= 0.6 is 11.8 Å². The van der Waals surface area contributed by atoms with Gasteiger partial charge in [0, 0.05) is 30.8 Å². The van der Waals surface area contributed by atoms with E-state index in [2.05, 4.69) is 15.3 Å². The first-order valence-electron chi connectivity index (χ1n) is 12.0. The van der Waals surface area contributed by atoms with Crippen molar-refractivity contribution in [2.24, 2.45) is 0 Å². The molecule has 0 aliphatic carbocycles. The van der Waals surface area contributed by atoms with Crippen LogP contribution in [-0.2, 0) is 16.1 Å². The summed E-state index contributed by atoms with van der Waals surface area (Å²) in [6, 6.07) is 15.4. The van der Waals surface area contributed by atoms with Gasteiger partial charge in [-0.25, -0.2) is 14.6 Å². The Labute approximate surface area is 212 Å². The Morgan fingerprint density at radius 1 is 1.06 bits per heavy atom. The van der Waals surface area contributed by atoms with E-state index in [9.17, 15) is 4.79 Å². The molecular weight excluding hydrogens is 476 g/mol. The van der Waals surface area contributed by atoms with E-state index in [0.717, 1.165) is 41.1 Å². The quantitative estimate of drug-likeness (QED) is 0.317. The number of rotatable bonds is 6. The second kappa shape index (κ2) is 9.79. The van der Waals surface area contributed by atoms with Gasteiger partial charge in [-0.1, -0.05) is 48.2 Å². The highest BCUT2D eigenvalue weighted by molar-refractivity contribution is 7.98. The van der Waals surface area contributed by atoms with E-state index in [0.29, 0.717) is 43.0 Å². The maximum Gasteiger partial charge on any atom is 0.232 e. The molecule has 36 heavy (non-hydrogen) atoms. The van der Waals surface area contributed by atoms with E-state index >= 15 is 0 Å². The molecule has 10 heteroatoms. The van der Waals surface area contributed by atoms with Crippen molar-refractivity contribution in [1.82, 2.24) is 25.1 Å². The zero-order valence-corrected chi connectivity index (χ0v) is 20.7. The van der Waals surface area contributed by atoms with Gasteiger partial charge in [-0.3, -0.25) is 4.79 Å². The first-order chi connectivity index (χ1) is 17.7. The number of nitrogens with zero attached hydrogens (tertiary/aromatic N) is 5. The van der Waals surface area contributed by atoms with Crippen LogP contribution in [0.25, 0.3) is 11.0 Å². The second-order valence-corrected chi connectivity index (χ2v) is 9.41. The number of para-hydroxylation sites is 2. The molecule has 2 aromatic heterocycles. The Kier molecular flexibility index (Phi) is 6.20. The molecule has 0 atom stereocenters. The van der Waals surface area contributed by atoms with Crippen LogP contribution in [0.3, 0.4) is 0 Å². The highest BCUT2D eigenvalue weighted by Gasteiger charge is 2.32. The van der Waals surface area contributed by atoms with E-state index in [1.54, 1.807) is 0 Å². The lowest BCUT2D eigenvalue weighted by Crippen LogP contribution is -2.37. The van der Waals surface area contributed by atoms with Crippen LogP contribution in [0, 0.1) is 0 Å². The fourth-order valence-electron chi connectivity index (χ4n) is 4.77. The molecule has 2 aliphatic rings. The number of hydrogen-bond acceptors (Lipinski definition) is 8. The van der Waals surface area contributed by atoms with Crippen LogP contribution in [0.5, 0.6) is 11.5 Å². The molecule has 1 N–H and O–H groups in total. The van der Waals surface area contributed by atoms with E-state index in [1.165, 1.54) is 11.8 Å². The molecule has 0 bridgehead atoms. The molecule has 4 heterocycles. The average Bonchev–Trinajstić information content (AvgIpc) is 3.34. The molecule has 0 saturated carbocycles. The fraction of sp³-hybridized carbons (Fsp3) is 0.308. The van der Waals surface area contributed by atoms with Gasteiger partial charge in [-0.2, -0.15) is 5.10 Å². The number of amides is 1. The average molecular weight is 503 g/mol. The lowest BCUT2D eigenvalue weighted by atomic mass is 9.87. The van der Waals surface area contributed by atoms with Crippen LogP contribution in [0.2, 0.25) is 0 Å². The number of benzene rings is 2. The van der Waals surface area contributed by atoms with Gasteiger partial charge in [0.1, 0.15) is 17.3 Å². The van der Waals surface area contributed by atoms with Gasteiger partial charge in [0.2, 0.25) is 5.91 Å². The molecule has 6 rings (SSSR count). The predicted molar refractivity (Wildman–Crippen MR) is 138 cm³/mol. The van der Waals surface area contributed by atoms with E-state index in [-0.39, 0.29) is 5.91 Å². The number of hydrogen-bond donors (Lipinski definition) is 1. The van der Waals surface area contributed by atoms with Gasteiger partial charge in [0.05, 0.1) is 37.3 Å². The molecule has 9 nitrogen and oxygen atoms in total. The minimum Gasteiger partial charge on any atom is -0.457 e. The number of fused-ring (bicyclic) bond motifs is 3. The summed E-state index contributed by atoms with van der Waals surface area (Å²) in [5.41, 5.74) is 2.50. The second-order valence-electron chi connectivity index (χ2n) is 8.64. The highest BCUT2D eigenvalue weighted by Crippen LogP contribution is 2.43. The largest absolute Gasteiger partial charge is 0.457 e. The Bertz CT molecular complexity index is 1370. The van der Waals surface area contributed by atoms with Crippen LogP contribution in [-0.4, -0.2) is 64.8 Å². The Morgan fingerprint density at radius 3 is 2.44 bits per heavy atom. The Balaban J connectivity index is 1.22. The maximum absolute atomic E-state index is 13.4. The summed E-state index contributed by atoms with van der Waals surface area (Å²) in [6.45, 7) is 3.85. The van der Waals surface area contributed by atoms with Crippen LogP contribution < -0.4 is 15.0 Å². The zero-order chi connectivity index (χ0) is 24.5. The van der Waals surface area contributed by atoms with Crippen molar-refractivity contribution in [2.75, 3.05) is 44.0 Å². The number of nitrogens with one attached hydrogen (secondary N) is 1. The number of ether oxygens (including phenoxy) is 2. The van der Waals surface area contributed by atoms with Gasteiger partial charge in [0.15, 0.2) is 10.8 Å². The summed E-state index contributed by atoms with van der Waals surface area (Å²) in [5.74, 6) is 1.82. The third-order valence-electron chi connectivity index (χ3n) is 6.51. The topological polar surface area (TPSA) is 94.4 Å². The molecular formula is C26H26N6O3S. The van der Waals surface area contributed by atoms with Gasteiger partial charge in [-0.05, 0) is 18.4 Å². The van der Waals surface area contributed by atoms with Crippen molar-refractivity contribution in [2.45, 2.75) is 17.6 Å². The predicted octanol–water partition coefficient (Wildman–Crippen LogP) is 3.44. The van der Waals surface area contributed by atoms with Crippen molar-refractivity contribution < 1.29 is 14.3 Å². The number of carbonyl (C=O) groups excluding carboxylic acids is 1. The van der Waals surface area contributed by atoms with E-state index in [1.807, 2.05) is 65.7 Å². The lowest BCUT2D eigenvalue weighted by Gasteiger charge is -2.28. The summed E-state index contributed by atoms with van der Waals surface area (Å²) in [6.07, 6.45) is 3.78. The Morgan fingerprint density at radius 2 is 1.75 bits per heavy atom. The van der Waals surface area contributed by atoms with Gasteiger partial charge < -0.3 is 19.7 Å². The summed E-state index contributed by atoms with van der Waals surface area (Å²) >= 11 is 1.51. The summed E-state index contributed by atoms with van der Waals surface area (Å²) in [4.78, 5) is 25.1. The molecule has 2 aromatic carbocycles. The maximum atomic E-state index is 13.4. The lowest BCUT2D eigenvalue weighted by molar-refractivity contribution is -0.121. The fourth-order valence-corrected chi connectivity index (χ4v) is 5.13. The molecule has 1 saturated heterocycles. The molecule has 184 valence electrons. The van der Waals surface area contributed by atoms with E-state index < -0.39 is 5.92 Å². The van der Waals surface area contributed by atoms with Crippen LogP contribution in [0.4, 0.5) is 5.82 Å².